The zero-order chi connectivity index (χ0) is 13.0. The molecule has 0 amide bonds. The van der Waals surface area contributed by atoms with Crippen molar-refractivity contribution in [3.63, 3.8) is 0 Å². The first kappa shape index (κ1) is 14.1. The van der Waals surface area contributed by atoms with Gasteiger partial charge in [0.15, 0.2) is 0 Å². The highest BCUT2D eigenvalue weighted by molar-refractivity contribution is 5.19. The highest BCUT2D eigenvalue weighted by Gasteiger charge is 2.37. The average Bonchev–Trinajstić information content (AvgIpc) is 2.77. The third-order valence-electron chi connectivity index (χ3n) is 4.86. The Kier molecular flexibility index (Phi) is 4.85. The first-order valence-electron chi connectivity index (χ1n) is 7.77. The molecule has 0 saturated carbocycles. The molecule has 0 spiro atoms. The Labute approximate surface area is 113 Å². The van der Waals surface area contributed by atoms with Crippen LogP contribution in [0.2, 0.25) is 0 Å². The van der Waals surface area contributed by atoms with Crippen LogP contribution in [0.4, 0.5) is 0 Å². The molecule has 1 aliphatic heterocycles. The van der Waals surface area contributed by atoms with Crippen LogP contribution in [0.15, 0.2) is 11.6 Å². The number of hydrogen-bond donors (Lipinski definition) is 1. The second-order valence-corrected chi connectivity index (χ2v) is 6.45. The van der Waals surface area contributed by atoms with E-state index in [0.717, 1.165) is 0 Å². The van der Waals surface area contributed by atoms with E-state index in [1.165, 1.54) is 58.0 Å². The average molecular weight is 250 g/mol. The highest BCUT2D eigenvalue weighted by atomic mass is 15.2. The van der Waals surface area contributed by atoms with Crippen LogP contribution in [0, 0.1) is 0 Å². The number of nitrogens with one attached hydrogen (secondary N) is 1. The number of hydrogen-bond acceptors (Lipinski definition) is 2. The minimum absolute atomic E-state index is 0.251. The molecule has 0 radical (unpaired) electrons. The van der Waals surface area contributed by atoms with Crippen molar-refractivity contribution in [2.45, 2.75) is 70.4 Å². The van der Waals surface area contributed by atoms with Crippen molar-refractivity contribution in [2.75, 3.05) is 20.1 Å². The normalized spacial score (nSPS) is 24.7. The van der Waals surface area contributed by atoms with E-state index in [2.05, 4.69) is 37.2 Å². The standard InChI is InChI=1S/C16H30N2/c1-16(2,18-12-8-9-13-18)15(17-3)14-10-6-4-5-7-11-14/h10,15,17H,4-9,11-13H2,1-3H3. The Balaban J connectivity index is 2.12. The molecule has 2 heteroatoms. The Morgan fingerprint density at radius 3 is 2.50 bits per heavy atom. The maximum atomic E-state index is 3.61. The fourth-order valence-electron chi connectivity index (χ4n) is 3.77. The SMILES string of the molecule is CNC(C1=CCCCCC1)C(C)(C)N1CCCC1. The topological polar surface area (TPSA) is 15.3 Å². The van der Waals surface area contributed by atoms with E-state index in [0.29, 0.717) is 6.04 Å². The molecule has 1 atom stereocenters. The van der Waals surface area contributed by atoms with E-state index in [9.17, 15) is 0 Å². The van der Waals surface area contributed by atoms with Crippen molar-refractivity contribution in [1.29, 1.82) is 0 Å². The van der Waals surface area contributed by atoms with E-state index in [4.69, 9.17) is 0 Å². The number of nitrogens with zero attached hydrogens (tertiary/aromatic N) is 1. The lowest BCUT2D eigenvalue weighted by Crippen LogP contribution is -2.56. The second kappa shape index (κ2) is 6.21. The van der Waals surface area contributed by atoms with E-state index >= 15 is 0 Å². The molecule has 104 valence electrons. The van der Waals surface area contributed by atoms with Crippen LogP contribution >= 0.6 is 0 Å². The molecular formula is C16H30N2. The lowest BCUT2D eigenvalue weighted by Gasteiger charge is -2.43. The van der Waals surface area contributed by atoms with Gasteiger partial charge in [0, 0.05) is 11.6 Å². The summed E-state index contributed by atoms with van der Waals surface area (Å²) in [4.78, 5) is 2.68. The summed E-state index contributed by atoms with van der Waals surface area (Å²) in [5.74, 6) is 0. The van der Waals surface area contributed by atoms with Crippen LogP contribution in [-0.2, 0) is 0 Å². The van der Waals surface area contributed by atoms with Crippen molar-refractivity contribution < 1.29 is 0 Å². The summed E-state index contributed by atoms with van der Waals surface area (Å²) in [6.07, 6.45) is 12.0. The predicted octanol–water partition coefficient (Wildman–Crippen LogP) is 3.34. The Hall–Kier alpha value is -0.340. The fourth-order valence-corrected chi connectivity index (χ4v) is 3.77. The van der Waals surface area contributed by atoms with Gasteiger partial charge in [-0.1, -0.05) is 18.1 Å². The molecule has 2 rings (SSSR count). The minimum Gasteiger partial charge on any atom is -0.312 e. The predicted molar refractivity (Wildman–Crippen MR) is 78.9 cm³/mol. The van der Waals surface area contributed by atoms with Gasteiger partial charge in [0.05, 0.1) is 0 Å². The lowest BCUT2D eigenvalue weighted by atomic mass is 9.85. The van der Waals surface area contributed by atoms with Crippen LogP contribution in [0.5, 0.6) is 0 Å². The zero-order valence-electron chi connectivity index (χ0n) is 12.5. The first-order valence-corrected chi connectivity index (χ1v) is 7.77. The first-order chi connectivity index (χ1) is 8.66. The van der Waals surface area contributed by atoms with Crippen molar-refractivity contribution >= 4 is 0 Å². The van der Waals surface area contributed by atoms with Gasteiger partial charge in [-0.15, -0.1) is 0 Å². The van der Waals surface area contributed by atoms with Crippen LogP contribution in [0.3, 0.4) is 0 Å². The van der Waals surface area contributed by atoms with Gasteiger partial charge >= 0.3 is 0 Å². The molecule has 1 aliphatic carbocycles. The Bertz CT molecular complexity index is 287. The molecule has 0 aromatic heterocycles. The summed E-state index contributed by atoms with van der Waals surface area (Å²) >= 11 is 0. The van der Waals surface area contributed by atoms with Crippen molar-refractivity contribution in [1.82, 2.24) is 10.2 Å². The van der Waals surface area contributed by atoms with Gasteiger partial charge in [-0.3, -0.25) is 4.90 Å². The monoisotopic (exact) mass is 250 g/mol. The lowest BCUT2D eigenvalue weighted by molar-refractivity contribution is 0.122. The molecule has 18 heavy (non-hydrogen) atoms. The maximum Gasteiger partial charge on any atom is 0.0458 e. The van der Waals surface area contributed by atoms with Gasteiger partial charge in [0.25, 0.3) is 0 Å². The van der Waals surface area contributed by atoms with Crippen molar-refractivity contribution in [3.05, 3.63) is 11.6 Å². The summed E-state index contributed by atoms with van der Waals surface area (Å²) < 4.78 is 0. The maximum absolute atomic E-state index is 3.61. The van der Waals surface area contributed by atoms with Gasteiger partial charge < -0.3 is 5.32 Å². The third kappa shape index (κ3) is 2.97. The molecule has 1 N–H and O–H groups in total. The quantitative estimate of drug-likeness (QED) is 0.770. The van der Waals surface area contributed by atoms with Crippen LogP contribution in [-0.4, -0.2) is 36.6 Å². The number of likely N-dealkylation sites (N-methyl/N-ethyl adjacent to an activating group) is 1. The van der Waals surface area contributed by atoms with Gasteiger partial charge in [-0.25, -0.2) is 0 Å². The van der Waals surface area contributed by atoms with E-state index < -0.39 is 0 Å². The summed E-state index contributed by atoms with van der Waals surface area (Å²) in [6, 6.07) is 0.522. The van der Waals surface area contributed by atoms with E-state index in [-0.39, 0.29) is 5.54 Å². The molecule has 1 saturated heterocycles. The van der Waals surface area contributed by atoms with E-state index in [1.807, 2.05) is 0 Å². The smallest absolute Gasteiger partial charge is 0.0458 e. The number of allylic oxidation sites excluding steroid dienone is 1. The molecule has 2 nitrogen and oxygen atoms in total. The fraction of sp³-hybridized carbons (Fsp3) is 0.875. The van der Waals surface area contributed by atoms with Crippen LogP contribution < -0.4 is 5.32 Å². The molecular weight excluding hydrogens is 220 g/mol. The molecule has 1 heterocycles. The van der Waals surface area contributed by atoms with Gasteiger partial charge in [-0.05, 0) is 72.5 Å². The molecule has 0 bridgehead atoms. The van der Waals surface area contributed by atoms with Crippen LogP contribution in [0.1, 0.15) is 58.8 Å². The summed E-state index contributed by atoms with van der Waals surface area (Å²) in [5, 5.41) is 3.61. The van der Waals surface area contributed by atoms with Crippen molar-refractivity contribution in [3.8, 4) is 0 Å². The molecule has 1 unspecified atom stereocenters. The van der Waals surface area contributed by atoms with E-state index in [1.54, 1.807) is 5.57 Å². The zero-order valence-corrected chi connectivity index (χ0v) is 12.5. The third-order valence-corrected chi connectivity index (χ3v) is 4.86. The highest BCUT2D eigenvalue weighted by Crippen LogP contribution is 2.31. The Morgan fingerprint density at radius 2 is 1.83 bits per heavy atom. The van der Waals surface area contributed by atoms with Gasteiger partial charge in [0.2, 0.25) is 0 Å². The van der Waals surface area contributed by atoms with Gasteiger partial charge in [-0.2, -0.15) is 0 Å². The van der Waals surface area contributed by atoms with Crippen LogP contribution in [0.25, 0.3) is 0 Å². The Morgan fingerprint density at radius 1 is 1.11 bits per heavy atom. The second-order valence-electron chi connectivity index (χ2n) is 6.45. The number of rotatable bonds is 4. The molecule has 1 fully saturated rings. The summed E-state index contributed by atoms with van der Waals surface area (Å²) in [7, 11) is 2.13. The molecule has 2 aliphatic rings. The van der Waals surface area contributed by atoms with Crippen molar-refractivity contribution in [2.24, 2.45) is 0 Å². The molecule has 0 aromatic carbocycles. The molecule has 0 aromatic rings. The minimum atomic E-state index is 0.251. The summed E-state index contributed by atoms with van der Waals surface area (Å²) in [6.45, 7) is 7.40. The summed E-state index contributed by atoms with van der Waals surface area (Å²) in [5.41, 5.74) is 1.91. The number of likely N-dealkylation sites (tertiary alicyclic amines) is 1. The largest absolute Gasteiger partial charge is 0.312 e. The van der Waals surface area contributed by atoms with Gasteiger partial charge in [0.1, 0.15) is 0 Å².